The highest BCUT2D eigenvalue weighted by atomic mass is 16.3. The van der Waals surface area contributed by atoms with E-state index < -0.39 is 0 Å². The molecule has 0 spiro atoms. The number of nitriles is 1. The highest BCUT2D eigenvalue weighted by Gasteiger charge is 2.35. The molecule has 10 aromatic carbocycles. The van der Waals surface area contributed by atoms with E-state index in [4.69, 9.17) is 4.42 Å². The molecular weight excluding hydrogens is 845 g/mol. The van der Waals surface area contributed by atoms with Crippen LogP contribution in [0.2, 0.25) is 0 Å². The predicted octanol–water partition coefficient (Wildman–Crippen LogP) is 16.4. The SMILES string of the molecule is [C-]#[N+]c1c(C#N)c(-n2c3ccccc3c3ccc4oc5ccccc5c4c32)c(-n2c3ccccc3c3ccccc32)c(-n2c3ccccc3c3ccccc32)c1-n1c2ccccc2c2ccccc21. The predicted molar refractivity (Wildman–Crippen MR) is 282 cm³/mol. The van der Waals surface area contributed by atoms with Gasteiger partial charge in [0.25, 0.3) is 0 Å². The molecule has 0 bridgehead atoms. The van der Waals surface area contributed by atoms with Gasteiger partial charge in [-0.25, -0.2) is 4.85 Å². The van der Waals surface area contributed by atoms with Crippen molar-refractivity contribution in [2.45, 2.75) is 0 Å². The van der Waals surface area contributed by atoms with E-state index in [0.29, 0.717) is 11.4 Å². The molecule has 318 valence electrons. The van der Waals surface area contributed by atoms with Crippen molar-refractivity contribution >= 4 is 115 Å². The maximum Gasteiger partial charge on any atom is 0.232 e. The molecule has 0 aliphatic heterocycles. The van der Waals surface area contributed by atoms with Gasteiger partial charge in [0, 0.05) is 48.5 Å². The Bertz CT molecular complexity index is 4660. The van der Waals surface area contributed by atoms with Crippen molar-refractivity contribution in [3.8, 4) is 28.8 Å². The molecule has 0 unspecified atom stereocenters. The van der Waals surface area contributed by atoms with Gasteiger partial charge >= 0.3 is 0 Å². The number of hydrogen-bond donors (Lipinski definition) is 0. The molecule has 0 saturated heterocycles. The summed E-state index contributed by atoms with van der Waals surface area (Å²) < 4.78 is 15.9. The first-order chi connectivity index (χ1) is 34.2. The molecule has 0 aliphatic carbocycles. The van der Waals surface area contributed by atoms with Crippen LogP contribution in [0.5, 0.6) is 0 Å². The van der Waals surface area contributed by atoms with Gasteiger partial charge in [0.05, 0.1) is 90.5 Å². The van der Waals surface area contributed by atoms with E-state index in [1.165, 1.54) is 0 Å². The first-order valence-corrected chi connectivity index (χ1v) is 23.0. The lowest BCUT2D eigenvalue weighted by Gasteiger charge is -2.28. The van der Waals surface area contributed by atoms with Crippen LogP contribution in [0.25, 0.3) is 137 Å². The maximum atomic E-state index is 12.2. The Hall–Kier alpha value is -9.82. The van der Waals surface area contributed by atoms with Crippen LogP contribution >= 0.6 is 0 Å². The van der Waals surface area contributed by atoms with Crippen molar-refractivity contribution in [2.24, 2.45) is 0 Å². The van der Waals surface area contributed by atoms with Crippen molar-refractivity contribution in [3.63, 3.8) is 0 Å². The van der Waals surface area contributed by atoms with Crippen molar-refractivity contribution in [1.82, 2.24) is 18.3 Å². The molecule has 0 saturated carbocycles. The molecular formula is C62H34N6O. The number of aromatic nitrogens is 4. The highest BCUT2D eigenvalue weighted by Crippen LogP contribution is 2.52. The summed E-state index contributed by atoms with van der Waals surface area (Å²) in [6, 6.07) is 74.5. The zero-order chi connectivity index (χ0) is 45.5. The summed E-state index contributed by atoms with van der Waals surface area (Å²) in [7, 11) is 0. The molecule has 0 radical (unpaired) electrons. The summed E-state index contributed by atoms with van der Waals surface area (Å²) >= 11 is 0. The summed E-state index contributed by atoms with van der Waals surface area (Å²) in [6.45, 7) is 9.49. The maximum absolute atomic E-state index is 12.2. The summed E-state index contributed by atoms with van der Waals surface area (Å²) in [6.07, 6.45) is 0. The fourth-order valence-electron chi connectivity index (χ4n) is 11.7. The lowest BCUT2D eigenvalue weighted by atomic mass is 10.0. The monoisotopic (exact) mass is 878 g/mol. The second-order valence-corrected chi connectivity index (χ2v) is 17.7. The number of benzene rings is 10. The first kappa shape index (κ1) is 37.4. The van der Waals surface area contributed by atoms with E-state index in [9.17, 15) is 11.8 Å². The molecule has 0 fully saturated rings. The number of para-hydroxylation sites is 8. The summed E-state index contributed by atoms with van der Waals surface area (Å²) in [5, 5.41) is 22.6. The van der Waals surface area contributed by atoms with Gasteiger partial charge in [-0.2, -0.15) is 5.26 Å². The Morgan fingerprint density at radius 3 is 1.12 bits per heavy atom. The molecule has 15 rings (SSSR count). The zero-order valence-corrected chi connectivity index (χ0v) is 36.7. The number of rotatable bonds is 4. The van der Waals surface area contributed by atoms with E-state index in [1.54, 1.807) is 0 Å². The van der Waals surface area contributed by atoms with Gasteiger partial charge in [-0.1, -0.05) is 146 Å². The minimum atomic E-state index is 0.246. The summed E-state index contributed by atoms with van der Waals surface area (Å²) in [5.74, 6) is 0. The molecule has 0 amide bonds. The summed E-state index contributed by atoms with van der Waals surface area (Å²) in [5.41, 5.74) is 12.3. The Labute approximate surface area is 393 Å². The Kier molecular flexibility index (Phi) is 7.51. The van der Waals surface area contributed by atoms with Crippen LogP contribution in [-0.2, 0) is 0 Å². The average molecular weight is 879 g/mol. The van der Waals surface area contributed by atoms with Crippen LogP contribution in [0.4, 0.5) is 5.69 Å². The lowest BCUT2D eigenvalue weighted by molar-refractivity contribution is 0.669. The number of fused-ring (bicyclic) bond motifs is 16. The summed E-state index contributed by atoms with van der Waals surface area (Å²) in [4.78, 5) is 4.57. The largest absolute Gasteiger partial charge is 0.456 e. The van der Waals surface area contributed by atoms with Gasteiger partial charge in [-0.15, -0.1) is 0 Å². The minimum Gasteiger partial charge on any atom is -0.456 e. The molecule has 0 atom stereocenters. The number of nitrogens with zero attached hydrogens (tertiary/aromatic N) is 6. The smallest absolute Gasteiger partial charge is 0.232 e. The molecule has 15 aromatic rings. The van der Waals surface area contributed by atoms with E-state index in [1.807, 2.05) is 18.2 Å². The number of hydrogen-bond acceptors (Lipinski definition) is 2. The zero-order valence-electron chi connectivity index (χ0n) is 36.7. The van der Waals surface area contributed by atoms with Crippen LogP contribution in [0.3, 0.4) is 0 Å². The third-order valence-electron chi connectivity index (χ3n) is 14.4. The fraction of sp³-hybridized carbons (Fsp3) is 0. The Balaban J connectivity index is 1.32. The first-order valence-electron chi connectivity index (χ1n) is 23.0. The van der Waals surface area contributed by atoms with E-state index in [0.717, 1.165) is 121 Å². The van der Waals surface area contributed by atoms with Gasteiger partial charge < -0.3 is 22.7 Å². The molecule has 69 heavy (non-hydrogen) atoms. The van der Waals surface area contributed by atoms with Crippen molar-refractivity contribution in [1.29, 1.82) is 5.26 Å². The van der Waals surface area contributed by atoms with Crippen LogP contribution in [0.1, 0.15) is 5.56 Å². The van der Waals surface area contributed by atoms with Gasteiger partial charge in [0.2, 0.25) is 5.69 Å². The average Bonchev–Trinajstić information content (AvgIpc) is 4.21. The topological polar surface area (TPSA) is 61.0 Å². The van der Waals surface area contributed by atoms with E-state index in [-0.39, 0.29) is 11.3 Å². The molecule has 0 N–H and O–H groups in total. The molecule has 0 aliphatic rings. The highest BCUT2D eigenvalue weighted by molar-refractivity contribution is 6.25. The minimum absolute atomic E-state index is 0.246. The Morgan fingerprint density at radius 1 is 0.348 bits per heavy atom. The normalized spacial score (nSPS) is 12.0. The molecule has 7 heteroatoms. The standard InChI is InChI=1S/C62H34N6O/c1-64-57-46(36-63)59(68-53-32-16-8-24-43(53)44-34-35-55-56(58(44)68)45-25-9-17-33-54(45)69-55)61(66-49-28-12-4-20-39(49)40-21-5-13-29-50(40)66)62(67-51-30-14-6-22-41(51)42-23-7-15-31-52(42)67)60(57)65-47-26-10-2-18-37(47)38-19-3-11-27-48(38)65/h2-35H. The quantitative estimate of drug-likeness (QED) is 0.165. The molecule has 5 aromatic heterocycles. The van der Waals surface area contributed by atoms with Gasteiger partial charge in [-0.3, -0.25) is 0 Å². The second kappa shape index (κ2) is 13.9. The van der Waals surface area contributed by atoms with Gasteiger partial charge in [0.15, 0.2) is 0 Å². The van der Waals surface area contributed by atoms with E-state index >= 15 is 0 Å². The van der Waals surface area contributed by atoms with Crippen molar-refractivity contribution in [2.75, 3.05) is 0 Å². The van der Waals surface area contributed by atoms with Gasteiger partial charge in [-0.05, 0) is 60.7 Å². The number of furan rings is 1. The third-order valence-corrected chi connectivity index (χ3v) is 14.4. The lowest BCUT2D eigenvalue weighted by Crippen LogP contribution is -2.15. The van der Waals surface area contributed by atoms with Gasteiger partial charge in [0.1, 0.15) is 11.2 Å². The van der Waals surface area contributed by atoms with Crippen LogP contribution < -0.4 is 0 Å². The molecule has 7 nitrogen and oxygen atoms in total. The molecule has 5 heterocycles. The fourth-order valence-corrected chi connectivity index (χ4v) is 11.7. The second-order valence-electron chi connectivity index (χ2n) is 17.7. The third kappa shape index (κ3) is 4.82. The van der Waals surface area contributed by atoms with Crippen LogP contribution in [0, 0.1) is 17.9 Å². The van der Waals surface area contributed by atoms with Crippen LogP contribution in [0.15, 0.2) is 211 Å². The van der Waals surface area contributed by atoms with Crippen LogP contribution in [-0.4, -0.2) is 18.3 Å². The van der Waals surface area contributed by atoms with Crippen molar-refractivity contribution < 1.29 is 4.42 Å². The Morgan fingerprint density at radius 2 is 0.696 bits per heavy atom. The van der Waals surface area contributed by atoms with Crippen molar-refractivity contribution in [3.05, 3.63) is 223 Å². The van der Waals surface area contributed by atoms with E-state index in [2.05, 4.69) is 217 Å².